The largest absolute Gasteiger partial charge is 0.444 e. The molecule has 0 aliphatic carbocycles. The molecule has 1 heterocycles. The minimum absolute atomic E-state index is 0.190. The highest BCUT2D eigenvalue weighted by Crippen LogP contribution is 2.20. The van der Waals surface area contributed by atoms with E-state index in [1.54, 1.807) is 4.90 Å². The molecular formula is C9H16BrNO2. The summed E-state index contributed by atoms with van der Waals surface area (Å²) in [7, 11) is 0. The molecule has 0 saturated carbocycles. The second-order valence-corrected chi connectivity index (χ2v) is 5.05. The lowest BCUT2D eigenvalue weighted by atomic mass is 10.0. The fourth-order valence-electron chi connectivity index (χ4n) is 1.14. The Bertz CT molecular complexity index is 194. The molecule has 1 rings (SSSR count). The van der Waals surface area contributed by atoms with Crippen LogP contribution in [0.1, 0.15) is 20.8 Å². The van der Waals surface area contributed by atoms with Crippen LogP contribution in [0.3, 0.4) is 0 Å². The lowest BCUT2D eigenvalue weighted by molar-refractivity contribution is 0.00229. The van der Waals surface area contributed by atoms with Crippen LogP contribution in [-0.2, 0) is 4.74 Å². The Hall–Kier alpha value is -0.250. The summed E-state index contributed by atoms with van der Waals surface area (Å²) >= 11 is 3.39. The van der Waals surface area contributed by atoms with Crippen molar-refractivity contribution < 1.29 is 9.53 Å². The standard InChI is InChI=1S/C9H16BrNO2/c1-9(2,3)13-8(12)11-5-7(4-10)6-11/h7H,4-6H2,1-3H3. The molecule has 0 N–H and O–H groups in total. The highest BCUT2D eigenvalue weighted by Gasteiger charge is 2.32. The Morgan fingerprint density at radius 3 is 2.46 bits per heavy atom. The van der Waals surface area contributed by atoms with Gasteiger partial charge in [0.25, 0.3) is 0 Å². The fourth-order valence-corrected chi connectivity index (χ4v) is 1.55. The number of alkyl halides is 1. The molecular weight excluding hydrogens is 234 g/mol. The van der Waals surface area contributed by atoms with Crippen molar-refractivity contribution in [2.24, 2.45) is 5.92 Å². The van der Waals surface area contributed by atoms with Crippen LogP contribution in [0.5, 0.6) is 0 Å². The summed E-state index contributed by atoms with van der Waals surface area (Å²) in [4.78, 5) is 13.1. The Morgan fingerprint density at radius 2 is 2.08 bits per heavy atom. The summed E-state index contributed by atoms with van der Waals surface area (Å²) in [5, 5.41) is 0.965. The van der Waals surface area contributed by atoms with Gasteiger partial charge in [0.2, 0.25) is 0 Å². The van der Waals surface area contributed by atoms with Gasteiger partial charge in [0, 0.05) is 24.3 Å². The molecule has 3 nitrogen and oxygen atoms in total. The molecule has 0 aromatic rings. The van der Waals surface area contributed by atoms with E-state index in [4.69, 9.17) is 4.74 Å². The van der Waals surface area contributed by atoms with Crippen LogP contribution < -0.4 is 0 Å². The topological polar surface area (TPSA) is 29.5 Å². The van der Waals surface area contributed by atoms with Gasteiger partial charge >= 0.3 is 6.09 Å². The summed E-state index contributed by atoms with van der Waals surface area (Å²) < 4.78 is 5.21. The van der Waals surface area contributed by atoms with Gasteiger partial charge in [-0.05, 0) is 20.8 Å². The average Bonchev–Trinajstić information content (AvgIpc) is 1.79. The summed E-state index contributed by atoms with van der Waals surface area (Å²) in [6.07, 6.45) is -0.190. The van der Waals surface area contributed by atoms with Crippen LogP contribution in [-0.4, -0.2) is 35.0 Å². The number of ether oxygens (including phenoxy) is 1. The van der Waals surface area contributed by atoms with Crippen molar-refractivity contribution in [1.29, 1.82) is 0 Å². The van der Waals surface area contributed by atoms with E-state index in [2.05, 4.69) is 15.9 Å². The summed E-state index contributed by atoms with van der Waals surface area (Å²) in [5.74, 6) is 0.604. The van der Waals surface area contributed by atoms with E-state index in [9.17, 15) is 4.79 Å². The molecule has 76 valence electrons. The van der Waals surface area contributed by atoms with Gasteiger partial charge in [-0.25, -0.2) is 4.79 Å². The van der Waals surface area contributed by atoms with E-state index in [0.29, 0.717) is 5.92 Å². The maximum atomic E-state index is 11.4. The maximum Gasteiger partial charge on any atom is 0.410 e. The minimum Gasteiger partial charge on any atom is -0.444 e. The van der Waals surface area contributed by atoms with Gasteiger partial charge in [0.15, 0.2) is 0 Å². The average molecular weight is 250 g/mol. The van der Waals surface area contributed by atoms with Gasteiger partial charge in [-0.2, -0.15) is 0 Å². The first-order valence-electron chi connectivity index (χ1n) is 4.46. The first-order valence-corrected chi connectivity index (χ1v) is 5.58. The van der Waals surface area contributed by atoms with Crippen LogP contribution in [0.4, 0.5) is 4.79 Å². The predicted molar refractivity (Wildman–Crippen MR) is 55.1 cm³/mol. The number of halogens is 1. The maximum absolute atomic E-state index is 11.4. The van der Waals surface area contributed by atoms with Gasteiger partial charge in [-0.1, -0.05) is 15.9 Å². The zero-order chi connectivity index (χ0) is 10.1. The smallest absolute Gasteiger partial charge is 0.410 e. The molecule has 0 spiro atoms. The van der Waals surface area contributed by atoms with Crippen molar-refractivity contribution in [2.75, 3.05) is 18.4 Å². The molecule has 0 aromatic heterocycles. The van der Waals surface area contributed by atoms with E-state index < -0.39 is 0 Å². The quantitative estimate of drug-likeness (QED) is 0.668. The highest BCUT2D eigenvalue weighted by molar-refractivity contribution is 9.09. The van der Waals surface area contributed by atoms with E-state index in [-0.39, 0.29) is 11.7 Å². The Balaban J connectivity index is 2.27. The van der Waals surface area contributed by atoms with E-state index in [0.717, 1.165) is 18.4 Å². The normalized spacial score (nSPS) is 18.3. The van der Waals surface area contributed by atoms with Crippen LogP contribution in [0.15, 0.2) is 0 Å². The summed E-state index contributed by atoms with van der Waals surface area (Å²) in [6, 6.07) is 0. The molecule has 0 unspecified atom stereocenters. The monoisotopic (exact) mass is 249 g/mol. The Morgan fingerprint density at radius 1 is 1.54 bits per heavy atom. The van der Waals surface area contributed by atoms with Crippen molar-refractivity contribution in [3.05, 3.63) is 0 Å². The second kappa shape index (κ2) is 3.86. The summed E-state index contributed by atoms with van der Waals surface area (Å²) in [5.41, 5.74) is -0.378. The van der Waals surface area contributed by atoms with Crippen LogP contribution in [0.2, 0.25) is 0 Å². The molecule has 4 heteroatoms. The van der Waals surface area contributed by atoms with Gasteiger partial charge in [-0.3, -0.25) is 0 Å². The zero-order valence-electron chi connectivity index (χ0n) is 8.34. The third-order valence-electron chi connectivity index (χ3n) is 1.83. The SMILES string of the molecule is CC(C)(C)OC(=O)N1CC(CBr)C1. The number of likely N-dealkylation sites (tertiary alicyclic amines) is 1. The van der Waals surface area contributed by atoms with Gasteiger partial charge in [0.05, 0.1) is 0 Å². The highest BCUT2D eigenvalue weighted by atomic mass is 79.9. The third-order valence-corrected chi connectivity index (χ3v) is 2.74. The number of hydrogen-bond donors (Lipinski definition) is 0. The molecule has 0 aromatic carbocycles. The molecule has 0 radical (unpaired) electrons. The first-order chi connectivity index (χ1) is 5.92. The number of carbonyl (C=O) groups excluding carboxylic acids is 1. The molecule has 13 heavy (non-hydrogen) atoms. The molecule has 1 fully saturated rings. The number of hydrogen-bond acceptors (Lipinski definition) is 2. The summed E-state index contributed by atoms with van der Waals surface area (Å²) in [6.45, 7) is 7.28. The minimum atomic E-state index is -0.378. The van der Waals surface area contributed by atoms with Gasteiger partial charge in [-0.15, -0.1) is 0 Å². The molecule has 1 aliphatic rings. The van der Waals surface area contributed by atoms with Crippen molar-refractivity contribution in [2.45, 2.75) is 26.4 Å². The Labute approximate surface area is 87.6 Å². The second-order valence-electron chi connectivity index (χ2n) is 4.41. The lowest BCUT2D eigenvalue weighted by Gasteiger charge is -2.38. The lowest BCUT2D eigenvalue weighted by Crippen LogP contribution is -2.52. The van der Waals surface area contributed by atoms with E-state index in [1.165, 1.54) is 0 Å². The van der Waals surface area contributed by atoms with Crippen molar-refractivity contribution in [3.63, 3.8) is 0 Å². The first kappa shape index (κ1) is 10.8. The number of nitrogens with zero attached hydrogens (tertiary/aromatic N) is 1. The molecule has 0 atom stereocenters. The molecule has 1 saturated heterocycles. The Kier molecular flexibility index (Phi) is 3.22. The van der Waals surface area contributed by atoms with Crippen LogP contribution in [0.25, 0.3) is 0 Å². The zero-order valence-corrected chi connectivity index (χ0v) is 9.93. The van der Waals surface area contributed by atoms with E-state index in [1.807, 2.05) is 20.8 Å². The van der Waals surface area contributed by atoms with Crippen LogP contribution >= 0.6 is 15.9 Å². The third kappa shape index (κ3) is 3.18. The molecule has 1 amide bonds. The van der Waals surface area contributed by atoms with Crippen molar-refractivity contribution in [3.8, 4) is 0 Å². The van der Waals surface area contributed by atoms with Crippen LogP contribution in [0, 0.1) is 5.92 Å². The van der Waals surface area contributed by atoms with E-state index >= 15 is 0 Å². The number of amides is 1. The van der Waals surface area contributed by atoms with Gasteiger partial charge < -0.3 is 9.64 Å². The van der Waals surface area contributed by atoms with Crippen molar-refractivity contribution in [1.82, 2.24) is 4.90 Å². The fraction of sp³-hybridized carbons (Fsp3) is 0.889. The molecule has 1 aliphatic heterocycles. The van der Waals surface area contributed by atoms with Gasteiger partial charge in [0.1, 0.15) is 5.60 Å². The molecule has 0 bridgehead atoms. The number of rotatable bonds is 1. The predicted octanol–water partition coefficient (Wildman–Crippen LogP) is 2.25. The van der Waals surface area contributed by atoms with Crippen molar-refractivity contribution >= 4 is 22.0 Å². The number of carbonyl (C=O) groups is 1.